The summed E-state index contributed by atoms with van der Waals surface area (Å²) in [5.41, 5.74) is 0.757. The largest absolute Gasteiger partial charge is 0.477 e. The molecule has 0 aliphatic heterocycles. The van der Waals surface area contributed by atoms with Gasteiger partial charge in [-0.15, -0.1) is 11.3 Å². The molecule has 88 valence electrons. The van der Waals surface area contributed by atoms with Gasteiger partial charge in [-0.25, -0.2) is 9.78 Å². The SMILES string of the molecule is CCc1nc(C2CCC(C)C2)sc1C(=O)O. The Morgan fingerprint density at radius 2 is 2.31 bits per heavy atom. The van der Waals surface area contributed by atoms with Gasteiger partial charge >= 0.3 is 5.97 Å². The summed E-state index contributed by atoms with van der Waals surface area (Å²) in [5, 5.41) is 10.1. The molecule has 4 heteroatoms. The van der Waals surface area contributed by atoms with Gasteiger partial charge in [-0.2, -0.15) is 0 Å². The molecule has 1 aromatic rings. The van der Waals surface area contributed by atoms with E-state index in [1.54, 1.807) is 0 Å². The van der Waals surface area contributed by atoms with Crippen LogP contribution in [0.15, 0.2) is 0 Å². The Kier molecular flexibility index (Phi) is 3.28. The van der Waals surface area contributed by atoms with E-state index < -0.39 is 5.97 Å². The van der Waals surface area contributed by atoms with E-state index in [9.17, 15) is 4.79 Å². The molecule has 1 aliphatic carbocycles. The molecule has 0 spiro atoms. The smallest absolute Gasteiger partial charge is 0.347 e. The fourth-order valence-corrected chi connectivity index (χ4v) is 3.52. The highest BCUT2D eigenvalue weighted by atomic mass is 32.1. The zero-order valence-electron chi connectivity index (χ0n) is 9.69. The second-order valence-corrected chi connectivity index (χ2v) is 5.63. The first-order chi connectivity index (χ1) is 7.61. The summed E-state index contributed by atoms with van der Waals surface area (Å²) in [7, 11) is 0. The minimum Gasteiger partial charge on any atom is -0.477 e. The van der Waals surface area contributed by atoms with Gasteiger partial charge in [-0.1, -0.05) is 20.3 Å². The van der Waals surface area contributed by atoms with Crippen molar-refractivity contribution in [2.75, 3.05) is 0 Å². The molecule has 0 bridgehead atoms. The number of rotatable bonds is 3. The number of aromatic nitrogens is 1. The number of aromatic carboxylic acids is 1. The highest BCUT2D eigenvalue weighted by Crippen LogP contribution is 2.40. The molecule has 2 unspecified atom stereocenters. The van der Waals surface area contributed by atoms with E-state index in [4.69, 9.17) is 5.11 Å². The van der Waals surface area contributed by atoms with Crippen LogP contribution in [0.3, 0.4) is 0 Å². The third-order valence-corrected chi connectivity index (χ3v) is 4.54. The zero-order valence-corrected chi connectivity index (χ0v) is 10.5. The quantitative estimate of drug-likeness (QED) is 0.880. The summed E-state index contributed by atoms with van der Waals surface area (Å²) in [6.45, 7) is 4.22. The minimum absolute atomic E-state index is 0.442. The van der Waals surface area contributed by atoms with E-state index in [2.05, 4.69) is 11.9 Å². The van der Waals surface area contributed by atoms with Crippen LogP contribution in [0.5, 0.6) is 0 Å². The number of carbonyl (C=O) groups is 1. The van der Waals surface area contributed by atoms with Gasteiger partial charge < -0.3 is 5.11 Å². The maximum atomic E-state index is 11.0. The first kappa shape index (κ1) is 11.6. The van der Waals surface area contributed by atoms with E-state index in [0.717, 1.165) is 29.5 Å². The molecule has 1 aromatic heterocycles. The second kappa shape index (κ2) is 4.53. The van der Waals surface area contributed by atoms with Crippen LogP contribution in [0.1, 0.15) is 59.4 Å². The summed E-state index contributed by atoms with van der Waals surface area (Å²) in [6.07, 6.45) is 4.28. The molecule has 2 rings (SSSR count). The monoisotopic (exact) mass is 239 g/mol. The van der Waals surface area contributed by atoms with E-state index in [0.29, 0.717) is 17.2 Å². The topological polar surface area (TPSA) is 50.2 Å². The number of aryl methyl sites for hydroxylation is 1. The number of carboxylic acid groups (broad SMARTS) is 1. The third kappa shape index (κ3) is 2.12. The molecule has 1 fully saturated rings. The van der Waals surface area contributed by atoms with Crippen molar-refractivity contribution in [2.45, 2.75) is 45.4 Å². The van der Waals surface area contributed by atoms with Crippen LogP contribution in [0.25, 0.3) is 0 Å². The molecule has 16 heavy (non-hydrogen) atoms. The van der Waals surface area contributed by atoms with Gasteiger partial charge in [0.2, 0.25) is 0 Å². The molecule has 0 saturated heterocycles. The molecule has 3 nitrogen and oxygen atoms in total. The summed E-state index contributed by atoms with van der Waals surface area (Å²) in [5.74, 6) is 0.428. The van der Waals surface area contributed by atoms with E-state index in [-0.39, 0.29) is 0 Å². The van der Waals surface area contributed by atoms with Crippen LogP contribution in [0, 0.1) is 5.92 Å². The highest BCUT2D eigenvalue weighted by molar-refractivity contribution is 7.13. The van der Waals surface area contributed by atoms with Gasteiger partial charge in [0.25, 0.3) is 0 Å². The lowest BCUT2D eigenvalue weighted by molar-refractivity contribution is 0.0701. The van der Waals surface area contributed by atoms with Gasteiger partial charge in [0.05, 0.1) is 10.7 Å². The average Bonchev–Trinajstić information content (AvgIpc) is 2.82. The molecule has 0 amide bonds. The van der Waals surface area contributed by atoms with Crippen molar-refractivity contribution >= 4 is 17.3 Å². The van der Waals surface area contributed by atoms with Crippen molar-refractivity contribution in [2.24, 2.45) is 5.92 Å². The zero-order chi connectivity index (χ0) is 11.7. The van der Waals surface area contributed by atoms with Crippen molar-refractivity contribution < 1.29 is 9.90 Å². The van der Waals surface area contributed by atoms with Gasteiger partial charge in [0.15, 0.2) is 0 Å². The molecular formula is C12H17NO2S. The van der Waals surface area contributed by atoms with Crippen molar-refractivity contribution in [1.29, 1.82) is 0 Å². The molecular weight excluding hydrogens is 222 g/mol. The highest BCUT2D eigenvalue weighted by Gasteiger charge is 2.27. The Bertz CT molecular complexity index is 400. The summed E-state index contributed by atoms with van der Waals surface area (Å²) >= 11 is 1.38. The first-order valence-corrected chi connectivity index (χ1v) is 6.66. The number of hydrogen-bond acceptors (Lipinski definition) is 3. The summed E-state index contributed by atoms with van der Waals surface area (Å²) < 4.78 is 0. The van der Waals surface area contributed by atoms with Crippen molar-refractivity contribution in [3.63, 3.8) is 0 Å². The summed E-state index contributed by atoms with van der Waals surface area (Å²) in [4.78, 5) is 16.0. The Labute approximate surface area is 99.5 Å². The van der Waals surface area contributed by atoms with Crippen LogP contribution in [-0.4, -0.2) is 16.1 Å². The van der Waals surface area contributed by atoms with E-state index >= 15 is 0 Å². The normalized spacial score (nSPS) is 24.9. The number of nitrogens with zero attached hydrogens (tertiary/aromatic N) is 1. The van der Waals surface area contributed by atoms with E-state index in [1.165, 1.54) is 17.8 Å². The van der Waals surface area contributed by atoms with Gasteiger partial charge in [-0.05, 0) is 25.2 Å². The van der Waals surface area contributed by atoms with Crippen LogP contribution in [-0.2, 0) is 6.42 Å². The number of thiazole rings is 1. The molecule has 1 aliphatic rings. The van der Waals surface area contributed by atoms with Gasteiger partial charge in [-0.3, -0.25) is 0 Å². The number of carboxylic acids is 1. The standard InChI is InChI=1S/C12H17NO2S/c1-3-9-10(12(14)15)16-11(13-9)8-5-4-7(2)6-8/h7-8H,3-6H2,1-2H3,(H,14,15). The van der Waals surface area contributed by atoms with Crippen molar-refractivity contribution in [3.8, 4) is 0 Å². The van der Waals surface area contributed by atoms with E-state index in [1.807, 2.05) is 6.92 Å². The lowest BCUT2D eigenvalue weighted by atomic mass is 10.1. The van der Waals surface area contributed by atoms with Crippen LogP contribution >= 0.6 is 11.3 Å². The van der Waals surface area contributed by atoms with Gasteiger partial charge in [0, 0.05) is 5.92 Å². The average molecular weight is 239 g/mol. The van der Waals surface area contributed by atoms with Crippen molar-refractivity contribution in [1.82, 2.24) is 4.98 Å². The Balaban J connectivity index is 2.25. The molecule has 1 heterocycles. The first-order valence-electron chi connectivity index (χ1n) is 5.84. The lowest BCUT2D eigenvalue weighted by Crippen LogP contribution is -1.97. The molecule has 1 N–H and O–H groups in total. The van der Waals surface area contributed by atoms with Crippen molar-refractivity contribution in [3.05, 3.63) is 15.6 Å². The Hall–Kier alpha value is -0.900. The van der Waals surface area contributed by atoms with Crippen LogP contribution in [0.2, 0.25) is 0 Å². The Morgan fingerprint density at radius 3 is 2.75 bits per heavy atom. The Morgan fingerprint density at radius 1 is 1.56 bits per heavy atom. The molecule has 0 radical (unpaired) electrons. The molecule has 2 atom stereocenters. The maximum Gasteiger partial charge on any atom is 0.347 e. The predicted octanol–water partition coefficient (Wildman–Crippen LogP) is 3.31. The van der Waals surface area contributed by atoms with Crippen LogP contribution in [0.4, 0.5) is 0 Å². The lowest BCUT2D eigenvalue weighted by Gasteiger charge is -2.03. The number of hydrogen-bond donors (Lipinski definition) is 1. The molecule has 0 aromatic carbocycles. The molecule has 1 saturated carbocycles. The fourth-order valence-electron chi connectivity index (χ4n) is 2.38. The maximum absolute atomic E-state index is 11.0. The summed E-state index contributed by atoms with van der Waals surface area (Å²) in [6, 6.07) is 0. The second-order valence-electron chi connectivity index (χ2n) is 4.60. The minimum atomic E-state index is -0.827. The predicted molar refractivity (Wildman–Crippen MR) is 64.2 cm³/mol. The van der Waals surface area contributed by atoms with Crippen LogP contribution < -0.4 is 0 Å². The third-order valence-electron chi connectivity index (χ3n) is 3.29. The fraction of sp³-hybridized carbons (Fsp3) is 0.667. The van der Waals surface area contributed by atoms with Gasteiger partial charge in [0.1, 0.15) is 4.88 Å².